The fourth-order valence-electron chi connectivity index (χ4n) is 1.06. The molecule has 0 radical (unpaired) electrons. The van der Waals surface area contributed by atoms with Crippen LogP contribution < -0.4 is 103 Å². The first-order chi connectivity index (χ1) is 6.58. The van der Waals surface area contributed by atoms with E-state index in [-0.39, 0.29) is 103 Å². The summed E-state index contributed by atoms with van der Waals surface area (Å²) in [4.78, 5) is 43.7. The van der Waals surface area contributed by atoms with Crippen molar-refractivity contribution in [2.24, 2.45) is 0 Å². The molecule has 16 heavy (non-hydrogen) atoms. The van der Waals surface area contributed by atoms with E-state index in [1.807, 2.05) is 0 Å². The second-order valence-electron chi connectivity index (χ2n) is 2.51. The van der Waals surface area contributed by atoms with E-state index in [9.17, 15) is 19.2 Å². The van der Waals surface area contributed by atoms with Crippen molar-refractivity contribution >= 4 is 45.8 Å². The second-order valence-corrected chi connectivity index (χ2v) is 4.69. The summed E-state index contributed by atoms with van der Waals surface area (Å²) >= 11 is 1.34. The molecule has 2 rings (SSSR count). The smallest absolute Gasteiger partial charge is 0.585 e. The molecule has 74 valence electrons. The van der Waals surface area contributed by atoms with Gasteiger partial charge in [0, 0.05) is 0 Å². The zero-order chi connectivity index (χ0) is 10.3. The molecule has 0 aliphatic carbocycles. The van der Waals surface area contributed by atoms with Gasteiger partial charge in [-0.3, -0.25) is 0 Å². The Hall–Kier alpha value is 2.25. The van der Waals surface area contributed by atoms with Gasteiger partial charge in [0.1, 0.15) is 10.5 Å². The van der Waals surface area contributed by atoms with Crippen molar-refractivity contribution in [3.05, 3.63) is 10.6 Å². The molecule has 2 fully saturated rings. The first-order valence-corrected chi connectivity index (χ1v) is 5.26. The molecule has 0 aromatic heterocycles. The molecule has 0 spiro atoms. The Morgan fingerprint density at radius 2 is 1.06 bits per heavy atom. The number of amides is 4. The molecule has 0 bridgehead atoms. The fraction of sp³-hybridized carbons (Fsp3) is 0.333. The van der Waals surface area contributed by atoms with E-state index >= 15 is 0 Å². The number of hydrogen-bond acceptors (Lipinski definition) is 6. The minimum Gasteiger partial charge on any atom is -0.585 e. The summed E-state index contributed by atoms with van der Waals surface area (Å²) in [5, 5.41) is 3.29. The van der Waals surface area contributed by atoms with Crippen LogP contribution >= 0.6 is 23.5 Å². The van der Waals surface area contributed by atoms with Gasteiger partial charge in [-0.2, -0.15) is 0 Å². The molecule has 2 heterocycles. The molecular formula is C6H2K2N2O4S2. The summed E-state index contributed by atoms with van der Waals surface area (Å²) in [6.45, 7) is 0. The summed E-state index contributed by atoms with van der Waals surface area (Å²) in [5.74, 6) is -1.31. The normalized spacial score (nSPS) is 28.0. The third-order valence-electron chi connectivity index (χ3n) is 1.62. The van der Waals surface area contributed by atoms with Crippen molar-refractivity contribution in [1.29, 1.82) is 0 Å². The number of thioether (sulfide) groups is 2. The molecule has 0 aromatic rings. The minimum atomic E-state index is -0.879. The van der Waals surface area contributed by atoms with Crippen molar-refractivity contribution in [2.75, 3.05) is 0 Å². The third kappa shape index (κ3) is 4.13. The van der Waals surface area contributed by atoms with Crippen LogP contribution in [0.5, 0.6) is 0 Å². The zero-order valence-electron chi connectivity index (χ0n) is 8.50. The van der Waals surface area contributed by atoms with Gasteiger partial charge in [0.15, 0.2) is 0 Å². The van der Waals surface area contributed by atoms with Crippen LogP contribution in [0.15, 0.2) is 0 Å². The molecule has 6 nitrogen and oxygen atoms in total. The molecular weight excluding hydrogens is 306 g/mol. The molecule has 2 atom stereocenters. The Morgan fingerprint density at radius 3 is 1.25 bits per heavy atom. The average molecular weight is 308 g/mol. The molecule has 0 saturated carbocycles. The van der Waals surface area contributed by atoms with Crippen molar-refractivity contribution in [3.8, 4) is 0 Å². The largest absolute Gasteiger partial charge is 1.00 e. The summed E-state index contributed by atoms with van der Waals surface area (Å²) in [7, 11) is 0. The van der Waals surface area contributed by atoms with Gasteiger partial charge in [0.25, 0.3) is 0 Å². The number of rotatable bonds is 1. The Morgan fingerprint density at radius 1 is 0.750 bits per heavy atom. The fourth-order valence-corrected chi connectivity index (χ4v) is 2.90. The number of hydrogen-bond donors (Lipinski definition) is 0. The van der Waals surface area contributed by atoms with Gasteiger partial charge in [-0.25, -0.2) is 0 Å². The van der Waals surface area contributed by atoms with E-state index in [4.69, 9.17) is 0 Å². The molecule has 0 N–H and O–H groups in total. The van der Waals surface area contributed by atoms with Gasteiger partial charge in [-0.15, -0.1) is 0 Å². The summed E-state index contributed by atoms with van der Waals surface area (Å²) in [6, 6.07) is 0. The molecule has 4 amide bonds. The van der Waals surface area contributed by atoms with E-state index in [2.05, 4.69) is 10.6 Å². The summed E-state index contributed by atoms with van der Waals surface area (Å²) in [6.07, 6.45) is 0. The zero-order valence-corrected chi connectivity index (χ0v) is 16.4. The maximum absolute atomic E-state index is 11.1. The standard InChI is InChI=1S/C6H4N2O4S2.2K/c9-3-1(13-5(11)7-3)2-4(10)8-6(12)14-2;;/h1-2H,(H2,7,8,9,10,11,12);;/q;2*+1/p-2. The minimum absolute atomic E-state index is 0. The van der Waals surface area contributed by atoms with E-state index in [1.165, 1.54) is 0 Å². The molecule has 0 aromatic carbocycles. The first-order valence-electron chi connectivity index (χ1n) is 3.50. The number of carbonyl (C=O) groups is 4. The molecule has 2 saturated heterocycles. The van der Waals surface area contributed by atoms with Crippen LogP contribution in [0.1, 0.15) is 0 Å². The van der Waals surface area contributed by atoms with Crippen LogP contribution in [0.25, 0.3) is 10.6 Å². The summed E-state index contributed by atoms with van der Waals surface area (Å²) in [5.41, 5.74) is 0. The van der Waals surface area contributed by atoms with Crippen molar-refractivity contribution in [3.63, 3.8) is 0 Å². The average Bonchev–Trinajstić information content (AvgIpc) is 2.55. The molecule has 10 heteroatoms. The van der Waals surface area contributed by atoms with Crippen LogP contribution in [-0.4, -0.2) is 32.8 Å². The van der Waals surface area contributed by atoms with Crippen LogP contribution in [0.3, 0.4) is 0 Å². The second kappa shape index (κ2) is 7.75. The Bertz CT molecular complexity index is 330. The van der Waals surface area contributed by atoms with E-state index in [0.29, 0.717) is 23.5 Å². The van der Waals surface area contributed by atoms with Crippen LogP contribution in [0.4, 0.5) is 9.59 Å². The van der Waals surface area contributed by atoms with Crippen molar-refractivity contribution in [2.45, 2.75) is 10.5 Å². The van der Waals surface area contributed by atoms with E-state index in [1.54, 1.807) is 0 Å². The van der Waals surface area contributed by atoms with Crippen LogP contribution in [-0.2, 0) is 9.59 Å². The van der Waals surface area contributed by atoms with Crippen LogP contribution in [0, 0.1) is 0 Å². The quantitative estimate of drug-likeness (QED) is 0.451. The molecule has 2 unspecified atom stereocenters. The van der Waals surface area contributed by atoms with Gasteiger partial charge in [-0.05, 0) is 0 Å². The Balaban J connectivity index is 0.00000112. The van der Waals surface area contributed by atoms with Gasteiger partial charge < -0.3 is 29.8 Å². The molecule has 2 aliphatic rings. The van der Waals surface area contributed by atoms with Crippen molar-refractivity contribution < 1.29 is 122 Å². The number of nitrogens with zero attached hydrogens (tertiary/aromatic N) is 2. The van der Waals surface area contributed by atoms with Gasteiger partial charge in [0.05, 0.1) is 22.3 Å². The number of imide groups is 2. The van der Waals surface area contributed by atoms with Gasteiger partial charge in [0.2, 0.25) is 0 Å². The van der Waals surface area contributed by atoms with Gasteiger partial charge in [-0.1, -0.05) is 23.5 Å². The number of carbonyl (C=O) groups excluding carboxylic acids is 4. The summed E-state index contributed by atoms with van der Waals surface area (Å²) < 4.78 is 0. The monoisotopic (exact) mass is 308 g/mol. The Labute approximate surface area is 184 Å². The topological polar surface area (TPSA) is 96.5 Å². The molecule has 2 aliphatic heterocycles. The van der Waals surface area contributed by atoms with Gasteiger partial charge >= 0.3 is 103 Å². The van der Waals surface area contributed by atoms with Crippen molar-refractivity contribution in [1.82, 2.24) is 0 Å². The maximum atomic E-state index is 11.1. The van der Waals surface area contributed by atoms with Crippen LogP contribution in [0.2, 0.25) is 0 Å². The Kier molecular flexibility index (Phi) is 8.84. The third-order valence-corrected chi connectivity index (χ3v) is 3.83. The van der Waals surface area contributed by atoms with E-state index < -0.39 is 32.8 Å². The van der Waals surface area contributed by atoms with E-state index in [0.717, 1.165) is 0 Å². The predicted octanol–water partition coefficient (Wildman–Crippen LogP) is -4.73. The predicted molar refractivity (Wildman–Crippen MR) is 50.3 cm³/mol. The first kappa shape index (κ1) is 18.3. The SMILES string of the molecule is O=C1[N-]C(=O)C(C2SC(=O)[N-]C2=O)S1.[K+].[K+]. The maximum Gasteiger partial charge on any atom is 1.00 e.